The second kappa shape index (κ2) is 8.12. The first-order valence-corrected chi connectivity index (χ1v) is 10.4. The second-order valence-corrected chi connectivity index (χ2v) is 8.68. The van der Waals surface area contributed by atoms with Crippen molar-refractivity contribution in [3.8, 4) is 0 Å². The van der Waals surface area contributed by atoms with Gasteiger partial charge in [0.05, 0.1) is 12.3 Å². The van der Waals surface area contributed by atoms with Gasteiger partial charge in [-0.1, -0.05) is 60.2 Å². The van der Waals surface area contributed by atoms with E-state index >= 15 is 0 Å². The number of carbonyl (C=O) groups is 1. The molecule has 138 valence electrons. The molecular weight excluding hydrogens is 348 g/mol. The van der Waals surface area contributed by atoms with E-state index in [9.17, 15) is 13.2 Å². The normalized spacial score (nSPS) is 16.5. The van der Waals surface area contributed by atoms with Crippen molar-refractivity contribution in [1.29, 1.82) is 0 Å². The summed E-state index contributed by atoms with van der Waals surface area (Å²) in [4.78, 5) is 14.3. The van der Waals surface area contributed by atoms with Crippen LogP contribution in [0.25, 0.3) is 0 Å². The Bertz CT molecular complexity index is 858. The van der Waals surface area contributed by atoms with Gasteiger partial charge in [0.25, 0.3) is 0 Å². The largest absolute Gasteiger partial charge is 0.293 e. The van der Waals surface area contributed by atoms with Gasteiger partial charge in [-0.25, -0.2) is 8.42 Å². The zero-order valence-electron chi connectivity index (χ0n) is 15.0. The zero-order chi connectivity index (χ0) is 18.6. The smallest absolute Gasteiger partial charge is 0.218 e. The van der Waals surface area contributed by atoms with Gasteiger partial charge in [0, 0.05) is 31.7 Å². The van der Waals surface area contributed by atoms with Crippen molar-refractivity contribution < 1.29 is 13.2 Å². The molecule has 1 saturated heterocycles. The Morgan fingerprint density at radius 3 is 2.31 bits per heavy atom. The topological polar surface area (TPSA) is 57.7 Å². The molecule has 0 unspecified atom stereocenters. The van der Waals surface area contributed by atoms with Crippen LogP contribution in [-0.4, -0.2) is 56.1 Å². The molecule has 0 aliphatic carbocycles. The Balaban J connectivity index is 1.55. The number of nitrogens with zero attached hydrogens (tertiary/aromatic N) is 2. The fourth-order valence-corrected chi connectivity index (χ4v) is 4.69. The third-order valence-electron chi connectivity index (χ3n) is 4.62. The van der Waals surface area contributed by atoms with Gasteiger partial charge in [0.2, 0.25) is 10.0 Å². The van der Waals surface area contributed by atoms with Crippen LogP contribution in [0.1, 0.15) is 21.5 Å². The Labute approximate surface area is 155 Å². The van der Waals surface area contributed by atoms with Crippen LogP contribution in [0, 0.1) is 6.92 Å². The zero-order valence-corrected chi connectivity index (χ0v) is 15.8. The number of benzene rings is 2. The molecule has 1 fully saturated rings. The fourth-order valence-electron chi connectivity index (χ4n) is 3.19. The third-order valence-corrected chi connectivity index (χ3v) is 6.47. The van der Waals surface area contributed by atoms with Crippen molar-refractivity contribution in [2.45, 2.75) is 12.7 Å². The van der Waals surface area contributed by atoms with E-state index in [1.165, 1.54) is 0 Å². The van der Waals surface area contributed by atoms with Crippen LogP contribution in [0.4, 0.5) is 0 Å². The van der Waals surface area contributed by atoms with Gasteiger partial charge in [0.15, 0.2) is 5.78 Å². The Morgan fingerprint density at radius 1 is 0.962 bits per heavy atom. The number of aryl methyl sites for hydroxylation is 1. The number of ketones is 1. The SMILES string of the molecule is Cc1cccc(CS(=O)(=O)N2CCN(CC(=O)c3ccccc3)CC2)c1. The number of hydrogen-bond donors (Lipinski definition) is 0. The number of piperazine rings is 1. The molecule has 0 bridgehead atoms. The van der Waals surface area contributed by atoms with Crippen LogP contribution in [0.15, 0.2) is 54.6 Å². The van der Waals surface area contributed by atoms with Gasteiger partial charge in [-0.2, -0.15) is 4.31 Å². The number of carbonyl (C=O) groups excluding carboxylic acids is 1. The van der Waals surface area contributed by atoms with Crippen molar-refractivity contribution in [3.63, 3.8) is 0 Å². The predicted molar refractivity (Wildman–Crippen MR) is 103 cm³/mol. The van der Waals surface area contributed by atoms with Crippen LogP contribution in [0.5, 0.6) is 0 Å². The van der Waals surface area contributed by atoms with Crippen LogP contribution >= 0.6 is 0 Å². The summed E-state index contributed by atoms with van der Waals surface area (Å²) in [5.41, 5.74) is 2.57. The monoisotopic (exact) mass is 372 g/mol. The van der Waals surface area contributed by atoms with E-state index in [1.54, 1.807) is 4.31 Å². The van der Waals surface area contributed by atoms with Crippen molar-refractivity contribution >= 4 is 15.8 Å². The van der Waals surface area contributed by atoms with E-state index in [0.29, 0.717) is 38.3 Å². The van der Waals surface area contributed by atoms with Gasteiger partial charge in [-0.15, -0.1) is 0 Å². The minimum absolute atomic E-state index is 0.0254. The van der Waals surface area contributed by atoms with Crippen molar-refractivity contribution in [1.82, 2.24) is 9.21 Å². The summed E-state index contributed by atoms with van der Waals surface area (Å²) >= 11 is 0. The first-order valence-electron chi connectivity index (χ1n) is 8.78. The van der Waals surface area contributed by atoms with Crippen LogP contribution in [0.3, 0.4) is 0 Å². The molecule has 0 amide bonds. The van der Waals surface area contributed by atoms with Crippen molar-refractivity contribution in [2.75, 3.05) is 32.7 Å². The van der Waals surface area contributed by atoms with Gasteiger partial charge in [-0.05, 0) is 12.5 Å². The summed E-state index contributed by atoms with van der Waals surface area (Å²) in [7, 11) is -3.34. The maximum absolute atomic E-state index is 12.7. The minimum Gasteiger partial charge on any atom is -0.293 e. The summed E-state index contributed by atoms with van der Waals surface area (Å²) < 4.78 is 26.9. The molecule has 0 saturated carbocycles. The van der Waals surface area contributed by atoms with Crippen molar-refractivity contribution in [3.05, 3.63) is 71.3 Å². The average Bonchev–Trinajstić information content (AvgIpc) is 2.62. The van der Waals surface area contributed by atoms with Crippen LogP contribution in [-0.2, 0) is 15.8 Å². The van der Waals surface area contributed by atoms with E-state index in [1.807, 2.05) is 66.4 Å². The number of Topliss-reactive ketones (excluding diaryl/α,β-unsaturated/α-hetero) is 1. The highest BCUT2D eigenvalue weighted by Crippen LogP contribution is 2.15. The van der Waals surface area contributed by atoms with Crippen molar-refractivity contribution in [2.24, 2.45) is 0 Å². The lowest BCUT2D eigenvalue weighted by Crippen LogP contribution is -2.50. The summed E-state index contributed by atoms with van der Waals surface area (Å²) in [5, 5.41) is 0. The molecule has 1 heterocycles. The highest BCUT2D eigenvalue weighted by Gasteiger charge is 2.27. The van der Waals surface area contributed by atoms with Crippen LogP contribution in [0.2, 0.25) is 0 Å². The molecule has 1 aliphatic rings. The Morgan fingerprint density at radius 2 is 1.65 bits per heavy atom. The first-order chi connectivity index (χ1) is 12.4. The molecule has 5 nitrogen and oxygen atoms in total. The molecule has 0 aromatic heterocycles. The number of sulfonamides is 1. The summed E-state index contributed by atoms with van der Waals surface area (Å²) in [6.45, 7) is 4.29. The second-order valence-electron chi connectivity index (χ2n) is 6.71. The van der Waals surface area contributed by atoms with E-state index in [-0.39, 0.29) is 11.5 Å². The molecule has 3 rings (SSSR count). The first kappa shape index (κ1) is 18.8. The van der Waals surface area contributed by atoms with Gasteiger partial charge in [-0.3, -0.25) is 9.69 Å². The molecule has 0 N–H and O–H groups in total. The fraction of sp³-hybridized carbons (Fsp3) is 0.350. The highest BCUT2D eigenvalue weighted by atomic mass is 32.2. The molecule has 2 aromatic rings. The maximum atomic E-state index is 12.7. The standard InChI is InChI=1S/C20H24N2O3S/c1-17-6-5-7-18(14-17)16-26(24,25)22-12-10-21(11-13-22)15-20(23)19-8-3-2-4-9-19/h2-9,14H,10-13,15-16H2,1H3. The highest BCUT2D eigenvalue weighted by molar-refractivity contribution is 7.88. The lowest BCUT2D eigenvalue weighted by Gasteiger charge is -2.33. The van der Waals surface area contributed by atoms with Crippen LogP contribution < -0.4 is 0 Å². The average molecular weight is 372 g/mol. The van der Waals surface area contributed by atoms with E-state index in [4.69, 9.17) is 0 Å². The summed E-state index contributed by atoms with van der Waals surface area (Å²) in [5.74, 6) is 0.0964. The van der Waals surface area contributed by atoms with Gasteiger partial charge < -0.3 is 0 Å². The lowest BCUT2D eigenvalue weighted by molar-refractivity contribution is 0.0901. The molecule has 0 spiro atoms. The maximum Gasteiger partial charge on any atom is 0.218 e. The van der Waals surface area contributed by atoms with E-state index in [0.717, 1.165) is 11.1 Å². The third kappa shape index (κ3) is 4.78. The lowest BCUT2D eigenvalue weighted by atomic mass is 10.1. The Kier molecular flexibility index (Phi) is 5.86. The minimum atomic E-state index is -3.34. The Hall–Kier alpha value is -2.02. The number of hydrogen-bond acceptors (Lipinski definition) is 4. The van der Waals surface area contributed by atoms with Gasteiger partial charge in [0.1, 0.15) is 0 Å². The molecule has 1 aliphatic heterocycles. The summed E-state index contributed by atoms with van der Waals surface area (Å²) in [6.07, 6.45) is 0. The molecular formula is C20H24N2O3S. The van der Waals surface area contributed by atoms with E-state index in [2.05, 4.69) is 0 Å². The number of rotatable bonds is 6. The molecule has 26 heavy (non-hydrogen) atoms. The summed E-state index contributed by atoms with van der Waals surface area (Å²) in [6, 6.07) is 16.8. The predicted octanol–water partition coefficient (Wildman–Crippen LogP) is 2.33. The molecule has 0 radical (unpaired) electrons. The molecule has 6 heteroatoms. The molecule has 0 atom stereocenters. The van der Waals surface area contributed by atoms with Gasteiger partial charge >= 0.3 is 0 Å². The van der Waals surface area contributed by atoms with E-state index < -0.39 is 10.0 Å². The quantitative estimate of drug-likeness (QED) is 0.731. The molecule has 2 aromatic carbocycles.